The number of phenols is 1. The minimum Gasteiger partial charge on any atom is -0.504 e. The first kappa shape index (κ1) is 24.5. The number of hydrogen-bond acceptors (Lipinski definition) is 7. The number of ether oxygens (including phenoxy) is 1. The Balaban J connectivity index is 1.40. The number of rotatable bonds is 10. The number of aliphatic carboxylic acids is 1. The van der Waals surface area contributed by atoms with Gasteiger partial charge in [0, 0.05) is 51.0 Å². The molecule has 184 valence electrons. The van der Waals surface area contributed by atoms with Crippen molar-refractivity contribution in [2.45, 2.75) is 25.6 Å². The van der Waals surface area contributed by atoms with Gasteiger partial charge in [-0.1, -0.05) is 36.4 Å². The molecule has 3 aromatic rings. The van der Waals surface area contributed by atoms with Crippen LogP contribution in [0.2, 0.25) is 0 Å². The average Bonchev–Trinajstić information content (AvgIpc) is 2.89. The van der Waals surface area contributed by atoms with Gasteiger partial charge in [-0.2, -0.15) is 0 Å². The van der Waals surface area contributed by atoms with Gasteiger partial charge >= 0.3 is 5.97 Å². The van der Waals surface area contributed by atoms with Crippen LogP contribution in [0.15, 0.2) is 66.9 Å². The quantitative estimate of drug-likeness (QED) is 0.411. The number of aromatic nitrogens is 1. The highest BCUT2D eigenvalue weighted by atomic mass is 16.5. The van der Waals surface area contributed by atoms with E-state index in [0.717, 1.165) is 48.7 Å². The predicted molar refractivity (Wildman–Crippen MR) is 135 cm³/mol. The second-order valence-electron chi connectivity index (χ2n) is 8.72. The smallest absolute Gasteiger partial charge is 0.321 e. The normalized spacial score (nSPS) is 15.1. The average molecular weight is 477 g/mol. The number of piperazine rings is 1. The molecule has 1 saturated heterocycles. The summed E-state index contributed by atoms with van der Waals surface area (Å²) in [7, 11) is 1.52. The van der Waals surface area contributed by atoms with Crippen molar-refractivity contribution in [3.05, 3.63) is 83.6 Å². The molecule has 3 N–H and O–H groups in total. The van der Waals surface area contributed by atoms with Gasteiger partial charge in [0.1, 0.15) is 11.9 Å². The van der Waals surface area contributed by atoms with E-state index < -0.39 is 12.0 Å². The van der Waals surface area contributed by atoms with Crippen LogP contribution in [0.1, 0.15) is 16.7 Å². The minimum absolute atomic E-state index is 0.127. The molecule has 0 spiro atoms. The molecule has 8 heteroatoms. The molecule has 0 radical (unpaired) electrons. The highest BCUT2D eigenvalue weighted by molar-refractivity contribution is 5.74. The van der Waals surface area contributed by atoms with E-state index in [2.05, 4.69) is 20.1 Å². The van der Waals surface area contributed by atoms with Crippen LogP contribution in [0.25, 0.3) is 0 Å². The third-order valence-corrected chi connectivity index (χ3v) is 6.31. The van der Waals surface area contributed by atoms with Crippen molar-refractivity contribution in [3.8, 4) is 11.5 Å². The van der Waals surface area contributed by atoms with E-state index in [1.165, 1.54) is 7.11 Å². The SMILES string of the molecule is COc1cc(CN[C@@H](Cc2ccccc2)C(=O)O)cc(CN2CCN(c3ccccn3)CC2)c1O. The van der Waals surface area contributed by atoms with Crippen LogP contribution < -0.4 is 15.0 Å². The zero-order valence-corrected chi connectivity index (χ0v) is 19.9. The third kappa shape index (κ3) is 6.49. The summed E-state index contributed by atoms with van der Waals surface area (Å²) in [6.45, 7) is 4.34. The molecule has 1 aliphatic rings. The molecule has 1 fully saturated rings. The van der Waals surface area contributed by atoms with Crippen molar-refractivity contribution in [2.75, 3.05) is 38.2 Å². The fourth-order valence-corrected chi connectivity index (χ4v) is 4.36. The van der Waals surface area contributed by atoms with Crippen molar-refractivity contribution in [2.24, 2.45) is 0 Å². The van der Waals surface area contributed by atoms with Crippen LogP contribution in [0.5, 0.6) is 11.5 Å². The van der Waals surface area contributed by atoms with Crippen molar-refractivity contribution in [1.29, 1.82) is 0 Å². The molecular formula is C27H32N4O4. The van der Waals surface area contributed by atoms with Crippen molar-refractivity contribution < 1.29 is 19.7 Å². The van der Waals surface area contributed by atoms with Gasteiger partial charge in [-0.3, -0.25) is 9.69 Å². The predicted octanol–water partition coefficient (Wildman–Crippen LogP) is 2.90. The molecule has 0 aliphatic carbocycles. The molecule has 1 aliphatic heterocycles. The van der Waals surface area contributed by atoms with E-state index >= 15 is 0 Å². The van der Waals surface area contributed by atoms with Gasteiger partial charge in [-0.25, -0.2) is 4.98 Å². The van der Waals surface area contributed by atoms with Gasteiger partial charge in [-0.05, 0) is 41.8 Å². The van der Waals surface area contributed by atoms with Gasteiger partial charge in [0.15, 0.2) is 11.5 Å². The van der Waals surface area contributed by atoms with Crippen LogP contribution in [0, 0.1) is 0 Å². The van der Waals surface area contributed by atoms with Crippen LogP contribution in [0.4, 0.5) is 5.82 Å². The molecule has 2 aromatic carbocycles. The van der Waals surface area contributed by atoms with Gasteiger partial charge in [0.05, 0.1) is 7.11 Å². The Morgan fingerprint density at radius 3 is 2.46 bits per heavy atom. The van der Waals surface area contributed by atoms with E-state index in [-0.39, 0.29) is 5.75 Å². The topological polar surface area (TPSA) is 98.2 Å². The lowest BCUT2D eigenvalue weighted by atomic mass is 10.0. The molecular weight excluding hydrogens is 444 g/mol. The Morgan fingerprint density at radius 2 is 1.80 bits per heavy atom. The van der Waals surface area contributed by atoms with E-state index in [0.29, 0.717) is 25.3 Å². The molecule has 0 bridgehead atoms. The highest BCUT2D eigenvalue weighted by Gasteiger charge is 2.21. The second-order valence-corrected chi connectivity index (χ2v) is 8.72. The lowest BCUT2D eigenvalue weighted by Crippen LogP contribution is -2.46. The molecule has 1 aromatic heterocycles. The molecule has 0 amide bonds. The molecule has 0 unspecified atom stereocenters. The number of nitrogens with zero attached hydrogens (tertiary/aromatic N) is 3. The lowest BCUT2D eigenvalue weighted by Gasteiger charge is -2.35. The monoisotopic (exact) mass is 476 g/mol. The fourth-order valence-electron chi connectivity index (χ4n) is 4.36. The third-order valence-electron chi connectivity index (χ3n) is 6.31. The van der Waals surface area contributed by atoms with Crippen LogP contribution >= 0.6 is 0 Å². The maximum absolute atomic E-state index is 11.8. The number of pyridine rings is 1. The van der Waals surface area contributed by atoms with Gasteiger partial charge in [-0.15, -0.1) is 0 Å². The maximum Gasteiger partial charge on any atom is 0.321 e. The van der Waals surface area contributed by atoms with Crippen molar-refractivity contribution in [3.63, 3.8) is 0 Å². The first-order valence-electron chi connectivity index (χ1n) is 11.8. The Bertz CT molecular complexity index is 1100. The van der Waals surface area contributed by atoms with Crippen LogP contribution in [0.3, 0.4) is 0 Å². The number of nitrogens with one attached hydrogen (secondary N) is 1. The van der Waals surface area contributed by atoms with Gasteiger partial charge < -0.3 is 25.2 Å². The number of carboxylic acid groups (broad SMARTS) is 1. The summed E-state index contributed by atoms with van der Waals surface area (Å²) in [5.74, 6) is 0.600. The number of methoxy groups -OCH3 is 1. The number of aromatic hydroxyl groups is 1. The number of hydrogen-bond donors (Lipinski definition) is 3. The summed E-state index contributed by atoms with van der Waals surface area (Å²) in [6, 6.07) is 18.5. The summed E-state index contributed by atoms with van der Waals surface area (Å²) in [5, 5.41) is 23.6. The van der Waals surface area contributed by atoms with E-state index in [1.54, 1.807) is 12.3 Å². The largest absolute Gasteiger partial charge is 0.504 e. The highest BCUT2D eigenvalue weighted by Crippen LogP contribution is 2.33. The van der Waals surface area contributed by atoms with E-state index in [1.807, 2.05) is 54.6 Å². The first-order chi connectivity index (χ1) is 17.0. The summed E-state index contributed by atoms with van der Waals surface area (Å²) in [6.07, 6.45) is 2.19. The number of phenolic OH excluding ortho intramolecular Hbond substituents is 1. The second kappa shape index (κ2) is 11.7. The van der Waals surface area contributed by atoms with Gasteiger partial charge in [0.25, 0.3) is 0 Å². The molecule has 0 saturated carbocycles. The number of carboxylic acids is 1. The standard InChI is InChI=1S/C27H32N4O4/c1-35-24-17-21(18-29-23(27(33)34)16-20-7-3-2-4-8-20)15-22(26(24)32)19-30-11-13-31(14-12-30)25-9-5-6-10-28-25/h2-10,15,17,23,29,32H,11-14,16,18-19H2,1H3,(H,33,34)/t23-/m0/s1. The zero-order valence-electron chi connectivity index (χ0n) is 19.9. The number of carbonyl (C=O) groups is 1. The summed E-state index contributed by atoms with van der Waals surface area (Å²) < 4.78 is 5.41. The molecule has 35 heavy (non-hydrogen) atoms. The fraction of sp³-hybridized carbons (Fsp3) is 0.333. The molecule has 2 heterocycles. The Kier molecular flexibility index (Phi) is 8.18. The van der Waals surface area contributed by atoms with Crippen molar-refractivity contribution >= 4 is 11.8 Å². The summed E-state index contributed by atoms with van der Waals surface area (Å²) in [4.78, 5) is 20.8. The van der Waals surface area contributed by atoms with E-state index in [4.69, 9.17) is 4.74 Å². The molecule has 4 rings (SSSR count). The Morgan fingerprint density at radius 1 is 1.06 bits per heavy atom. The van der Waals surface area contributed by atoms with Gasteiger partial charge in [0.2, 0.25) is 0 Å². The first-order valence-corrected chi connectivity index (χ1v) is 11.8. The number of benzene rings is 2. The summed E-state index contributed by atoms with van der Waals surface area (Å²) >= 11 is 0. The minimum atomic E-state index is -0.898. The molecule has 1 atom stereocenters. The van der Waals surface area contributed by atoms with Crippen molar-refractivity contribution in [1.82, 2.24) is 15.2 Å². The van der Waals surface area contributed by atoms with E-state index in [9.17, 15) is 15.0 Å². The lowest BCUT2D eigenvalue weighted by molar-refractivity contribution is -0.139. The molecule has 8 nitrogen and oxygen atoms in total. The Labute approximate surface area is 205 Å². The maximum atomic E-state index is 11.8. The Hall–Kier alpha value is -3.62. The summed E-state index contributed by atoms with van der Waals surface area (Å²) in [5.41, 5.74) is 2.59. The number of anilines is 1. The van der Waals surface area contributed by atoms with Crippen LogP contribution in [-0.4, -0.2) is 65.4 Å². The zero-order chi connectivity index (χ0) is 24.6. The van der Waals surface area contributed by atoms with Crippen LogP contribution in [-0.2, 0) is 24.3 Å².